The van der Waals surface area contributed by atoms with Crippen molar-refractivity contribution in [2.75, 3.05) is 37.1 Å². The normalized spacial score (nSPS) is 13.1. The third-order valence-corrected chi connectivity index (χ3v) is 10.0. The van der Waals surface area contributed by atoms with Gasteiger partial charge in [0.15, 0.2) is 0 Å². The highest BCUT2D eigenvalue weighted by Gasteiger charge is 2.30. The Morgan fingerprint density at radius 2 is 1.76 bits per heavy atom. The van der Waals surface area contributed by atoms with Gasteiger partial charge in [-0.2, -0.15) is 0 Å². The van der Waals surface area contributed by atoms with E-state index in [0.29, 0.717) is 40.8 Å². The van der Waals surface area contributed by atoms with Crippen LogP contribution < -0.4 is 26.0 Å². The molecule has 9 heteroatoms. The maximum absolute atomic E-state index is 13.1. The monoisotopic (exact) mass is 520 g/mol. The Kier molecular flexibility index (Phi) is 7.98. The molecule has 0 bridgehead atoms. The van der Waals surface area contributed by atoms with Crippen molar-refractivity contribution < 1.29 is 18.9 Å². The highest BCUT2D eigenvalue weighted by atomic mass is 31.2. The van der Waals surface area contributed by atoms with Gasteiger partial charge >= 0.3 is 0 Å². The molecule has 2 aromatic carbocycles. The fraction of sp³-hybridized carbons (Fsp3) is 0.321. The van der Waals surface area contributed by atoms with Crippen LogP contribution in [0.4, 0.5) is 17.2 Å². The van der Waals surface area contributed by atoms with Crippen molar-refractivity contribution in [1.82, 2.24) is 10.3 Å². The number of rotatable bonds is 10. The number of aromatic nitrogens is 1. The summed E-state index contributed by atoms with van der Waals surface area (Å²) in [5.74, 6) is 0.618. The molecule has 194 valence electrons. The maximum atomic E-state index is 13.1. The highest BCUT2D eigenvalue weighted by molar-refractivity contribution is 7.71. The molecule has 3 N–H and O–H groups in total. The molecule has 4 rings (SSSR count). The Bertz CT molecular complexity index is 1340. The molecule has 1 heterocycles. The van der Waals surface area contributed by atoms with Gasteiger partial charge in [0, 0.05) is 48.4 Å². The fourth-order valence-electron chi connectivity index (χ4n) is 4.25. The van der Waals surface area contributed by atoms with Crippen LogP contribution in [0.5, 0.6) is 5.75 Å². The van der Waals surface area contributed by atoms with Crippen LogP contribution in [0.25, 0.3) is 11.1 Å². The first-order chi connectivity index (χ1) is 17.8. The molecule has 1 aromatic heterocycles. The van der Waals surface area contributed by atoms with Crippen molar-refractivity contribution in [2.45, 2.75) is 26.7 Å². The molecule has 0 unspecified atom stereocenters. The van der Waals surface area contributed by atoms with Gasteiger partial charge in [-0.3, -0.25) is 9.59 Å². The Morgan fingerprint density at radius 3 is 2.35 bits per heavy atom. The number of ether oxygens (including phenoxy) is 1. The SMILES string of the molecule is CCP(=O)(CC)c1ccc(-c2cccc(Nc3cc(NC(=O)C4CC4)ncc3C(=O)NC)c2OC)cc1. The van der Waals surface area contributed by atoms with Gasteiger partial charge in [0.05, 0.1) is 24.0 Å². The summed E-state index contributed by atoms with van der Waals surface area (Å²) in [4.78, 5) is 29.1. The van der Waals surface area contributed by atoms with E-state index in [2.05, 4.69) is 20.9 Å². The Morgan fingerprint density at radius 1 is 1.05 bits per heavy atom. The first-order valence-electron chi connectivity index (χ1n) is 12.5. The number of nitrogens with one attached hydrogen (secondary N) is 3. The van der Waals surface area contributed by atoms with Gasteiger partial charge in [-0.15, -0.1) is 0 Å². The summed E-state index contributed by atoms with van der Waals surface area (Å²) in [5, 5.41) is 9.64. The van der Waals surface area contributed by atoms with Gasteiger partial charge < -0.3 is 25.3 Å². The minimum absolute atomic E-state index is 0.0311. The molecule has 1 fully saturated rings. The van der Waals surface area contributed by atoms with Crippen molar-refractivity contribution in [3.05, 3.63) is 60.3 Å². The number of hydrogen-bond acceptors (Lipinski definition) is 6. The van der Waals surface area contributed by atoms with Gasteiger partial charge in [0.1, 0.15) is 18.7 Å². The van der Waals surface area contributed by atoms with Crippen LogP contribution in [0, 0.1) is 5.92 Å². The summed E-state index contributed by atoms with van der Waals surface area (Å²) in [5.41, 5.74) is 3.23. The zero-order chi connectivity index (χ0) is 26.6. The molecular formula is C28H33N4O4P. The van der Waals surface area contributed by atoms with E-state index >= 15 is 0 Å². The lowest BCUT2D eigenvalue weighted by Gasteiger charge is -2.18. The zero-order valence-corrected chi connectivity index (χ0v) is 22.5. The predicted octanol–water partition coefficient (Wildman–Crippen LogP) is 5.24. The first kappa shape index (κ1) is 26.4. The number of carbonyl (C=O) groups is 2. The van der Waals surface area contributed by atoms with E-state index in [9.17, 15) is 14.2 Å². The standard InChI is InChI=1S/C28H33N4O4P/c1-5-37(35,6-2)20-14-12-18(13-15-20)21-8-7-9-23(26(21)36-4)31-24-16-25(32-27(33)19-10-11-19)30-17-22(24)28(34)29-3/h7-9,12-17,19H,5-6,10-11H2,1-4H3,(H,29,34)(H2,30,31,32,33). The molecule has 2 amide bonds. The highest BCUT2D eigenvalue weighted by Crippen LogP contribution is 2.44. The molecule has 0 atom stereocenters. The summed E-state index contributed by atoms with van der Waals surface area (Å²) in [6.45, 7) is 3.93. The number of anilines is 3. The zero-order valence-electron chi connectivity index (χ0n) is 21.6. The van der Waals surface area contributed by atoms with Crippen LogP contribution in [-0.2, 0) is 9.36 Å². The van der Waals surface area contributed by atoms with Crippen molar-refractivity contribution in [2.24, 2.45) is 5.92 Å². The first-order valence-corrected chi connectivity index (χ1v) is 14.6. The Hall–Kier alpha value is -3.64. The lowest BCUT2D eigenvalue weighted by molar-refractivity contribution is -0.117. The minimum atomic E-state index is -2.37. The largest absolute Gasteiger partial charge is 0.494 e. The summed E-state index contributed by atoms with van der Waals surface area (Å²) in [6, 6.07) is 15.1. The van der Waals surface area contributed by atoms with Crippen molar-refractivity contribution in [3.63, 3.8) is 0 Å². The second-order valence-corrected chi connectivity index (χ2v) is 12.6. The van der Waals surface area contributed by atoms with Gasteiger partial charge in [-0.25, -0.2) is 4.98 Å². The Balaban J connectivity index is 1.69. The summed E-state index contributed by atoms with van der Waals surface area (Å²) >= 11 is 0. The van der Waals surface area contributed by atoms with E-state index in [1.165, 1.54) is 6.20 Å². The van der Waals surface area contributed by atoms with E-state index in [1.807, 2.05) is 56.3 Å². The molecule has 1 saturated carbocycles. The van der Waals surface area contributed by atoms with E-state index in [-0.39, 0.29) is 17.7 Å². The van der Waals surface area contributed by atoms with Crippen molar-refractivity contribution >= 4 is 41.5 Å². The van der Waals surface area contributed by atoms with E-state index in [1.54, 1.807) is 20.2 Å². The average Bonchev–Trinajstić information content (AvgIpc) is 3.78. The molecule has 0 spiro atoms. The third kappa shape index (κ3) is 5.70. The number of benzene rings is 2. The molecule has 1 aliphatic carbocycles. The van der Waals surface area contributed by atoms with Crippen LogP contribution >= 0.6 is 7.14 Å². The van der Waals surface area contributed by atoms with E-state index in [4.69, 9.17) is 4.74 Å². The predicted molar refractivity (Wildman–Crippen MR) is 149 cm³/mol. The maximum Gasteiger partial charge on any atom is 0.254 e. The summed E-state index contributed by atoms with van der Waals surface area (Å²) < 4.78 is 18.9. The quantitative estimate of drug-likeness (QED) is 0.316. The average molecular weight is 521 g/mol. The van der Waals surface area contributed by atoms with Crippen LogP contribution in [0.1, 0.15) is 37.0 Å². The van der Waals surface area contributed by atoms with Crippen LogP contribution in [0.2, 0.25) is 0 Å². The van der Waals surface area contributed by atoms with Crippen LogP contribution in [-0.4, -0.2) is 43.3 Å². The van der Waals surface area contributed by atoms with Gasteiger partial charge in [0.25, 0.3) is 5.91 Å². The second-order valence-electron chi connectivity index (χ2n) is 9.04. The van der Waals surface area contributed by atoms with E-state index in [0.717, 1.165) is 29.3 Å². The third-order valence-electron chi connectivity index (χ3n) is 6.73. The number of para-hydroxylation sites is 1. The molecule has 37 heavy (non-hydrogen) atoms. The summed E-state index contributed by atoms with van der Waals surface area (Å²) in [6.07, 6.45) is 4.47. The van der Waals surface area contributed by atoms with Gasteiger partial charge in [0.2, 0.25) is 5.91 Å². The number of carbonyl (C=O) groups excluding carboxylic acids is 2. The van der Waals surface area contributed by atoms with Gasteiger partial charge in [-0.05, 0) is 24.5 Å². The van der Waals surface area contributed by atoms with Crippen LogP contribution in [0.15, 0.2) is 54.7 Å². The molecular weight excluding hydrogens is 487 g/mol. The number of pyridine rings is 1. The van der Waals surface area contributed by atoms with Crippen LogP contribution in [0.3, 0.4) is 0 Å². The summed E-state index contributed by atoms with van der Waals surface area (Å²) in [7, 11) is 0.771. The molecule has 0 saturated heterocycles. The molecule has 0 aliphatic heterocycles. The molecule has 1 aliphatic rings. The molecule has 3 aromatic rings. The van der Waals surface area contributed by atoms with Crippen molar-refractivity contribution in [3.8, 4) is 16.9 Å². The number of nitrogens with zero attached hydrogens (tertiary/aromatic N) is 1. The minimum Gasteiger partial charge on any atom is -0.494 e. The lowest BCUT2D eigenvalue weighted by Crippen LogP contribution is -2.20. The van der Waals surface area contributed by atoms with E-state index < -0.39 is 7.14 Å². The second kappa shape index (κ2) is 11.2. The number of amides is 2. The lowest BCUT2D eigenvalue weighted by atomic mass is 10.0. The fourth-order valence-corrected chi connectivity index (χ4v) is 6.12. The topological polar surface area (TPSA) is 109 Å². The smallest absolute Gasteiger partial charge is 0.254 e. The number of hydrogen-bond donors (Lipinski definition) is 3. The Labute approximate surface area is 217 Å². The molecule has 0 radical (unpaired) electrons. The van der Waals surface area contributed by atoms with Crippen molar-refractivity contribution in [1.29, 1.82) is 0 Å². The molecule has 8 nitrogen and oxygen atoms in total. The number of methoxy groups -OCH3 is 1. The van der Waals surface area contributed by atoms with Gasteiger partial charge in [-0.1, -0.05) is 50.2 Å².